The van der Waals surface area contributed by atoms with Crippen molar-refractivity contribution in [3.63, 3.8) is 0 Å². The van der Waals surface area contributed by atoms with Crippen LogP contribution in [0.1, 0.15) is 44.9 Å². The molecule has 1 amide bonds. The second-order valence-electron chi connectivity index (χ2n) is 5.09. The van der Waals surface area contributed by atoms with Crippen molar-refractivity contribution in [2.75, 3.05) is 6.54 Å². The Kier molecular flexibility index (Phi) is 3.66. The third-order valence-electron chi connectivity index (χ3n) is 3.86. The zero-order chi connectivity index (χ0) is 12.3. The summed E-state index contributed by atoms with van der Waals surface area (Å²) in [5.74, 6) is -1.03. The van der Waals surface area contributed by atoms with Gasteiger partial charge in [0.05, 0.1) is 6.04 Å². The molecule has 1 saturated carbocycles. The van der Waals surface area contributed by atoms with Gasteiger partial charge in [-0.3, -0.25) is 4.79 Å². The van der Waals surface area contributed by atoms with E-state index in [4.69, 9.17) is 0 Å². The Morgan fingerprint density at radius 1 is 1.18 bits per heavy atom. The molecule has 0 aromatic carbocycles. The molecule has 2 fully saturated rings. The third-order valence-corrected chi connectivity index (χ3v) is 3.86. The number of piperidine rings is 1. The second-order valence-corrected chi connectivity index (χ2v) is 5.09. The van der Waals surface area contributed by atoms with Crippen molar-refractivity contribution < 1.29 is 14.7 Å². The number of rotatable bonds is 3. The van der Waals surface area contributed by atoms with Crippen LogP contribution in [0, 0.1) is 0 Å². The van der Waals surface area contributed by atoms with E-state index >= 15 is 0 Å². The highest BCUT2D eigenvalue weighted by Crippen LogP contribution is 2.30. The van der Waals surface area contributed by atoms with Crippen LogP contribution in [0.25, 0.3) is 0 Å². The molecule has 1 heterocycles. The topological polar surface area (TPSA) is 78.4 Å². The molecule has 1 aliphatic heterocycles. The van der Waals surface area contributed by atoms with Crippen LogP contribution >= 0.6 is 0 Å². The van der Waals surface area contributed by atoms with Gasteiger partial charge in [-0.1, -0.05) is 19.3 Å². The zero-order valence-electron chi connectivity index (χ0n) is 10.00. The molecule has 2 aliphatic rings. The molecule has 0 aromatic rings. The minimum atomic E-state index is -1.00. The van der Waals surface area contributed by atoms with Gasteiger partial charge >= 0.3 is 5.97 Å². The first kappa shape index (κ1) is 12.4. The van der Waals surface area contributed by atoms with Crippen molar-refractivity contribution in [1.82, 2.24) is 10.6 Å². The predicted octanol–water partition coefficient (Wildman–Crippen LogP) is 0.642. The Morgan fingerprint density at radius 3 is 2.41 bits per heavy atom. The lowest BCUT2D eigenvalue weighted by Crippen LogP contribution is -2.58. The molecule has 1 saturated heterocycles. The number of amides is 1. The number of carbonyl (C=O) groups is 2. The van der Waals surface area contributed by atoms with Crippen LogP contribution < -0.4 is 10.6 Å². The van der Waals surface area contributed by atoms with Crippen molar-refractivity contribution in [1.29, 1.82) is 0 Å². The number of carboxylic acid groups (broad SMARTS) is 1. The molecule has 5 nitrogen and oxygen atoms in total. The maximum atomic E-state index is 12.0. The summed E-state index contributed by atoms with van der Waals surface area (Å²) < 4.78 is 0. The molecule has 96 valence electrons. The number of carbonyl (C=O) groups excluding carboxylic acids is 1. The summed E-state index contributed by atoms with van der Waals surface area (Å²) in [4.78, 5) is 23.3. The summed E-state index contributed by atoms with van der Waals surface area (Å²) in [6, 6.07) is -0.208. The van der Waals surface area contributed by atoms with Crippen molar-refractivity contribution in [2.45, 2.75) is 56.5 Å². The molecule has 5 heteroatoms. The molecular weight excluding hydrogens is 220 g/mol. The quantitative estimate of drug-likeness (QED) is 0.676. The van der Waals surface area contributed by atoms with Crippen LogP contribution in [-0.4, -0.2) is 35.1 Å². The van der Waals surface area contributed by atoms with Gasteiger partial charge in [0.1, 0.15) is 5.54 Å². The lowest BCUT2D eigenvalue weighted by Gasteiger charge is -2.29. The fourth-order valence-electron chi connectivity index (χ4n) is 2.77. The summed E-state index contributed by atoms with van der Waals surface area (Å²) in [7, 11) is 0. The molecule has 2 rings (SSSR count). The molecule has 3 N–H and O–H groups in total. The highest BCUT2D eigenvalue weighted by atomic mass is 16.4. The number of hydrogen-bond acceptors (Lipinski definition) is 3. The van der Waals surface area contributed by atoms with Crippen LogP contribution in [0.15, 0.2) is 0 Å². The smallest absolute Gasteiger partial charge is 0.329 e. The van der Waals surface area contributed by atoms with E-state index in [9.17, 15) is 14.7 Å². The highest BCUT2D eigenvalue weighted by Gasteiger charge is 2.43. The van der Waals surface area contributed by atoms with E-state index in [1.165, 1.54) is 0 Å². The number of aliphatic carboxylic acids is 1. The molecule has 0 aromatic heterocycles. The standard InChI is InChI=1S/C12H20N2O3/c15-10(9-5-1-4-8-13-9)14-12(11(16)17)6-2-3-7-12/h9,13H,1-8H2,(H,14,15)(H,16,17)/t9-/m0/s1. The molecule has 0 bridgehead atoms. The van der Waals surface area contributed by atoms with E-state index in [1.807, 2.05) is 0 Å². The lowest BCUT2D eigenvalue weighted by atomic mass is 9.96. The predicted molar refractivity (Wildman–Crippen MR) is 62.6 cm³/mol. The summed E-state index contributed by atoms with van der Waals surface area (Å²) in [5, 5.41) is 15.2. The maximum absolute atomic E-state index is 12.0. The molecule has 17 heavy (non-hydrogen) atoms. The van der Waals surface area contributed by atoms with Crippen molar-refractivity contribution in [3.8, 4) is 0 Å². The second kappa shape index (κ2) is 5.04. The van der Waals surface area contributed by atoms with Crippen LogP contribution in [0.4, 0.5) is 0 Å². The molecule has 1 aliphatic carbocycles. The average molecular weight is 240 g/mol. The largest absolute Gasteiger partial charge is 0.480 e. The molecule has 1 atom stereocenters. The SMILES string of the molecule is O=C(NC1(C(=O)O)CCCC1)[C@@H]1CCCCN1. The van der Waals surface area contributed by atoms with Crippen LogP contribution in [0.2, 0.25) is 0 Å². The summed E-state index contributed by atoms with van der Waals surface area (Å²) in [5.41, 5.74) is -1.00. The van der Waals surface area contributed by atoms with Crippen molar-refractivity contribution >= 4 is 11.9 Å². The molecule has 0 spiro atoms. The minimum absolute atomic E-state index is 0.144. The van der Waals surface area contributed by atoms with Gasteiger partial charge in [-0.25, -0.2) is 4.79 Å². The van der Waals surface area contributed by atoms with E-state index in [2.05, 4.69) is 10.6 Å². The van der Waals surface area contributed by atoms with E-state index in [1.54, 1.807) is 0 Å². The molecule has 0 radical (unpaired) electrons. The highest BCUT2D eigenvalue weighted by molar-refractivity contribution is 5.89. The van der Waals surface area contributed by atoms with Crippen molar-refractivity contribution in [2.24, 2.45) is 0 Å². The Labute approximate surface area is 101 Å². The van der Waals surface area contributed by atoms with Gasteiger partial charge in [0.25, 0.3) is 0 Å². The van der Waals surface area contributed by atoms with E-state index < -0.39 is 11.5 Å². The summed E-state index contributed by atoms with van der Waals surface area (Å²) in [6.07, 6.45) is 5.80. The fraction of sp³-hybridized carbons (Fsp3) is 0.833. The van der Waals surface area contributed by atoms with E-state index in [0.717, 1.165) is 38.6 Å². The Bertz CT molecular complexity index is 305. The molecular formula is C12H20N2O3. The first-order chi connectivity index (χ1) is 8.14. The lowest BCUT2D eigenvalue weighted by molar-refractivity contribution is -0.147. The van der Waals surface area contributed by atoms with Crippen molar-refractivity contribution in [3.05, 3.63) is 0 Å². The zero-order valence-corrected chi connectivity index (χ0v) is 10.00. The minimum Gasteiger partial charge on any atom is -0.480 e. The van der Waals surface area contributed by atoms with E-state index in [-0.39, 0.29) is 11.9 Å². The van der Waals surface area contributed by atoms with E-state index in [0.29, 0.717) is 12.8 Å². The van der Waals surface area contributed by atoms with Gasteiger partial charge in [0.15, 0.2) is 0 Å². The van der Waals surface area contributed by atoms with Crippen LogP contribution in [-0.2, 0) is 9.59 Å². The van der Waals surface area contributed by atoms with Crippen LogP contribution in [0.5, 0.6) is 0 Å². The van der Waals surface area contributed by atoms with Gasteiger partial charge in [-0.2, -0.15) is 0 Å². The van der Waals surface area contributed by atoms with Gasteiger partial charge in [0.2, 0.25) is 5.91 Å². The van der Waals surface area contributed by atoms with Gasteiger partial charge in [-0.15, -0.1) is 0 Å². The Morgan fingerprint density at radius 2 is 1.88 bits per heavy atom. The third kappa shape index (κ3) is 2.60. The normalized spacial score (nSPS) is 27.6. The number of hydrogen-bond donors (Lipinski definition) is 3. The fourth-order valence-corrected chi connectivity index (χ4v) is 2.77. The first-order valence-electron chi connectivity index (χ1n) is 6.43. The van der Waals surface area contributed by atoms with Gasteiger partial charge < -0.3 is 15.7 Å². The first-order valence-corrected chi connectivity index (χ1v) is 6.43. The van der Waals surface area contributed by atoms with Gasteiger partial charge in [-0.05, 0) is 32.2 Å². The average Bonchev–Trinajstić information content (AvgIpc) is 2.80. The van der Waals surface area contributed by atoms with Crippen LogP contribution in [0.3, 0.4) is 0 Å². The number of nitrogens with one attached hydrogen (secondary N) is 2. The Balaban J connectivity index is 1.98. The molecule has 0 unspecified atom stereocenters. The summed E-state index contributed by atoms with van der Waals surface area (Å²) in [6.45, 7) is 0.845. The maximum Gasteiger partial charge on any atom is 0.329 e. The summed E-state index contributed by atoms with van der Waals surface area (Å²) >= 11 is 0. The number of carboxylic acids is 1. The van der Waals surface area contributed by atoms with Gasteiger partial charge in [0, 0.05) is 0 Å². The Hall–Kier alpha value is -1.10. The monoisotopic (exact) mass is 240 g/mol.